The maximum absolute atomic E-state index is 12.3. The van der Waals surface area contributed by atoms with Crippen molar-refractivity contribution in [1.29, 1.82) is 0 Å². The first-order valence-electron chi connectivity index (χ1n) is 7.63. The first kappa shape index (κ1) is 18.7. The standard InChI is InChI=1S/C18H21N3O3S/c1-4-13-19-25(23,24)17-11-5-14(6-12-17)18(22)20-15-7-9-16(10-8-15)21(2)3/h4-12,19H,1,13H2,2-3H3,(H,20,22). The van der Waals surface area contributed by atoms with Crippen molar-refractivity contribution in [3.05, 3.63) is 66.7 Å². The maximum Gasteiger partial charge on any atom is 0.255 e. The molecule has 0 fully saturated rings. The smallest absolute Gasteiger partial charge is 0.255 e. The lowest BCUT2D eigenvalue weighted by Gasteiger charge is -2.13. The lowest BCUT2D eigenvalue weighted by atomic mass is 10.2. The zero-order valence-corrected chi connectivity index (χ0v) is 15.0. The summed E-state index contributed by atoms with van der Waals surface area (Å²) in [6.07, 6.45) is 1.46. The molecule has 0 aliphatic carbocycles. The Morgan fingerprint density at radius 3 is 2.20 bits per heavy atom. The van der Waals surface area contributed by atoms with Crippen molar-refractivity contribution >= 4 is 27.3 Å². The van der Waals surface area contributed by atoms with Gasteiger partial charge in [0.2, 0.25) is 10.0 Å². The van der Waals surface area contributed by atoms with Crippen LogP contribution in [-0.4, -0.2) is 35.0 Å². The number of rotatable bonds is 7. The molecule has 2 aromatic rings. The van der Waals surface area contributed by atoms with Gasteiger partial charge in [-0.2, -0.15) is 0 Å². The number of hydrogen-bond acceptors (Lipinski definition) is 4. The lowest BCUT2D eigenvalue weighted by molar-refractivity contribution is 0.102. The predicted molar refractivity (Wildman–Crippen MR) is 101 cm³/mol. The number of anilines is 2. The molecule has 0 saturated carbocycles. The fraction of sp³-hybridized carbons (Fsp3) is 0.167. The predicted octanol–water partition coefficient (Wildman–Crippen LogP) is 2.47. The molecule has 25 heavy (non-hydrogen) atoms. The molecule has 0 bridgehead atoms. The summed E-state index contributed by atoms with van der Waals surface area (Å²) < 4.78 is 26.4. The summed E-state index contributed by atoms with van der Waals surface area (Å²) in [6, 6.07) is 13.2. The van der Waals surface area contributed by atoms with E-state index in [1.165, 1.54) is 30.3 Å². The molecule has 0 aliphatic heterocycles. The van der Waals surface area contributed by atoms with Gasteiger partial charge in [0.05, 0.1) is 4.90 Å². The van der Waals surface area contributed by atoms with E-state index in [9.17, 15) is 13.2 Å². The number of benzene rings is 2. The number of sulfonamides is 1. The summed E-state index contributed by atoms with van der Waals surface area (Å²) in [5.74, 6) is -0.305. The van der Waals surface area contributed by atoms with E-state index in [4.69, 9.17) is 0 Å². The third kappa shape index (κ3) is 4.91. The van der Waals surface area contributed by atoms with Crippen LogP contribution in [0.15, 0.2) is 66.1 Å². The van der Waals surface area contributed by atoms with E-state index < -0.39 is 10.0 Å². The molecule has 7 heteroatoms. The largest absolute Gasteiger partial charge is 0.378 e. The topological polar surface area (TPSA) is 78.5 Å². The van der Waals surface area contributed by atoms with Gasteiger partial charge in [-0.1, -0.05) is 6.08 Å². The molecular weight excluding hydrogens is 338 g/mol. The number of nitrogens with zero attached hydrogens (tertiary/aromatic N) is 1. The Morgan fingerprint density at radius 2 is 1.68 bits per heavy atom. The Hall–Kier alpha value is -2.64. The molecule has 0 heterocycles. The molecule has 0 unspecified atom stereocenters. The minimum atomic E-state index is -3.59. The Kier molecular flexibility index (Phi) is 5.95. The van der Waals surface area contributed by atoms with Gasteiger partial charge >= 0.3 is 0 Å². The molecule has 132 valence electrons. The second-order valence-corrected chi connectivity index (χ2v) is 7.33. The molecule has 0 saturated heterocycles. The molecule has 0 atom stereocenters. The quantitative estimate of drug-likeness (QED) is 0.745. The number of hydrogen-bond donors (Lipinski definition) is 2. The molecule has 2 aromatic carbocycles. The Morgan fingerprint density at radius 1 is 1.08 bits per heavy atom. The van der Waals surface area contributed by atoms with Crippen LogP contribution in [0.3, 0.4) is 0 Å². The minimum Gasteiger partial charge on any atom is -0.378 e. The van der Waals surface area contributed by atoms with E-state index in [-0.39, 0.29) is 17.3 Å². The zero-order valence-electron chi connectivity index (χ0n) is 14.2. The van der Waals surface area contributed by atoms with Gasteiger partial charge in [0.1, 0.15) is 0 Å². The normalized spacial score (nSPS) is 11.0. The molecule has 0 radical (unpaired) electrons. The van der Waals surface area contributed by atoms with E-state index in [2.05, 4.69) is 16.6 Å². The second kappa shape index (κ2) is 7.96. The van der Waals surface area contributed by atoms with Crippen LogP contribution in [0.5, 0.6) is 0 Å². The van der Waals surface area contributed by atoms with Crippen LogP contribution in [0.1, 0.15) is 10.4 Å². The third-order valence-corrected chi connectivity index (χ3v) is 4.93. The summed E-state index contributed by atoms with van der Waals surface area (Å²) in [7, 11) is 0.281. The van der Waals surface area contributed by atoms with Crippen LogP contribution < -0.4 is 14.9 Å². The van der Waals surface area contributed by atoms with Gasteiger partial charge in [-0.05, 0) is 48.5 Å². The highest BCUT2D eigenvalue weighted by molar-refractivity contribution is 7.89. The average Bonchev–Trinajstić information content (AvgIpc) is 2.60. The zero-order chi connectivity index (χ0) is 18.4. The van der Waals surface area contributed by atoms with Crippen molar-refractivity contribution in [1.82, 2.24) is 4.72 Å². The van der Waals surface area contributed by atoms with E-state index in [0.717, 1.165) is 5.69 Å². The van der Waals surface area contributed by atoms with Crippen LogP contribution in [0, 0.1) is 0 Å². The van der Waals surface area contributed by atoms with Gasteiger partial charge in [-0.3, -0.25) is 4.79 Å². The third-order valence-electron chi connectivity index (χ3n) is 3.49. The van der Waals surface area contributed by atoms with Crippen molar-refractivity contribution in [3.63, 3.8) is 0 Å². The molecule has 0 spiro atoms. The van der Waals surface area contributed by atoms with E-state index in [1.54, 1.807) is 0 Å². The molecule has 2 rings (SSSR count). The molecule has 0 aliphatic rings. The van der Waals surface area contributed by atoms with Crippen molar-refractivity contribution < 1.29 is 13.2 Å². The molecule has 1 amide bonds. The number of nitrogens with one attached hydrogen (secondary N) is 2. The second-order valence-electron chi connectivity index (χ2n) is 5.56. The summed E-state index contributed by atoms with van der Waals surface area (Å²) >= 11 is 0. The van der Waals surface area contributed by atoms with Crippen LogP contribution >= 0.6 is 0 Å². The van der Waals surface area contributed by atoms with Crippen LogP contribution in [-0.2, 0) is 10.0 Å². The SMILES string of the molecule is C=CCNS(=O)(=O)c1ccc(C(=O)Nc2ccc(N(C)C)cc2)cc1. The van der Waals surface area contributed by atoms with Crippen molar-refractivity contribution in [2.24, 2.45) is 0 Å². The monoisotopic (exact) mass is 359 g/mol. The van der Waals surface area contributed by atoms with Gasteiger partial charge in [0, 0.05) is 37.6 Å². The van der Waals surface area contributed by atoms with Crippen LogP contribution in [0.4, 0.5) is 11.4 Å². The highest BCUT2D eigenvalue weighted by Crippen LogP contribution is 2.17. The Balaban J connectivity index is 2.08. The van der Waals surface area contributed by atoms with E-state index in [1.807, 2.05) is 43.3 Å². The van der Waals surface area contributed by atoms with Gasteiger partial charge < -0.3 is 10.2 Å². The number of carbonyl (C=O) groups is 1. The molecule has 0 aromatic heterocycles. The molecular formula is C18H21N3O3S. The number of amides is 1. The first-order chi connectivity index (χ1) is 11.8. The first-order valence-corrected chi connectivity index (χ1v) is 9.11. The summed E-state index contributed by atoms with van der Waals surface area (Å²) in [6.45, 7) is 3.61. The maximum atomic E-state index is 12.3. The van der Waals surface area contributed by atoms with Crippen molar-refractivity contribution in [2.45, 2.75) is 4.90 Å². The summed E-state index contributed by atoms with van der Waals surface area (Å²) in [4.78, 5) is 14.3. The molecule has 6 nitrogen and oxygen atoms in total. The fourth-order valence-corrected chi connectivity index (χ4v) is 3.08. The van der Waals surface area contributed by atoms with Crippen LogP contribution in [0.2, 0.25) is 0 Å². The summed E-state index contributed by atoms with van der Waals surface area (Å²) in [5, 5.41) is 2.78. The van der Waals surface area contributed by atoms with Crippen molar-refractivity contribution in [3.8, 4) is 0 Å². The fourth-order valence-electron chi connectivity index (χ4n) is 2.08. The van der Waals surface area contributed by atoms with Gasteiger partial charge in [0.15, 0.2) is 0 Å². The molecule has 2 N–H and O–H groups in total. The van der Waals surface area contributed by atoms with Gasteiger partial charge in [0.25, 0.3) is 5.91 Å². The van der Waals surface area contributed by atoms with E-state index in [0.29, 0.717) is 11.3 Å². The van der Waals surface area contributed by atoms with Gasteiger partial charge in [-0.15, -0.1) is 6.58 Å². The van der Waals surface area contributed by atoms with Crippen LogP contribution in [0.25, 0.3) is 0 Å². The number of carbonyl (C=O) groups excluding carboxylic acids is 1. The highest BCUT2D eigenvalue weighted by Gasteiger charge is 2.14. The minimum absolute atomic E-state index is 0.0984. The highest BCUT2D eigenvalue weighted by atomic mass is 32.2. The summed E-state index contributed by atoms with van der Waals surface area (Å²) in [5.41, 5.74) is 2.07. The van der Waals surface area contributed by atoms with Gasteiger partial charge in [-0.25, -0.2) is 13.1 Å². The van der Waals surface area contributed by atoms with Crippen molar-refractivity contribution in [2.75, 3.05) is 30.9 Å². The lowest BCUT2D eigenvalue weighted by Crippen LogP contribution is -2.23. The van der Waals surface area contributed by atoms with E-state index >= 15 is 0 Å². The Bertz CT molecular complexity index is 842. The Labute approximate surface area is 148 Å². The average molecular weight is 359 g/mol.